The van der Waals surface area contributed by atoms with E-state index in [0.29, 0.717) is 0 Å². The van der Waals surface area contributed by atoms with E-state index in [1.807, 2.05) is 19.3 Å². The predicted molar refractivity (Wildman–Crippen MR) is 70.8 cm³/mol. The number of nitrogens with one attached hydrogen (secondary N) is 1. The van der Waals surface area contributed by atoms with Crippen molar-refractivity contribution in [2.24, 2.45) is 0 Å². The molecule has 1 aliphatic heterocycles. The highest BCUT2D eigenvalue weighted by molar-refractivity contribution is 5.48. The topological polar surface area (TPSA) is 34.2 Å². The van der Waals surface area contributed by atoms with Gasteiger partial charge in [0.05, 0.1) is 12.6 Å². The number of hydrogen-bond donors (Lipinski definition) is 1. The summed E-state index contributed by atoms with van der Waals surface area (Å²) in [4.78, 5) is 4.19. The van der Waals surface area contributed by atoms with E-state index in [4.69, 9.17) is 4.74 Å². The Morgan fingerprint density at radius 1 is 1.28 bits per heavy atom. The zero-order valence-electron chi connectivity index (χ0n) is 10.4. The zero-order valence-corrected chi connectivity index (χ0v) is 10.4. The zero-order chi connectivity index (χ0) is 12.4. The molecule has 2 aromatic rings. The van der Waals surface area contributed by atoms with Gasteiger partial charge in [-0.3, -0.25) is 4.98 Å². The molecule has 3 nitrogen and oxygen atoms in total. The third-order valence-corrected chi connectivity index (χ3v) is 3.36. The van der Waals surface area contributed by atoms with Gasteiger partial charge in [-0.1, -0.05) is 24.3 Å². The Morgan fingerprint density at radius 2 is 2.22 bits per heavy atom. The van der Waals surface area contributed by atoms with E-state index in [1.54, 1.807) is 6.20 Å². The number of ether oxygens (including phenoxy) is 1. The molecule has 1 unspecified atom stereocenters. The van der Waals surface area contributed by atoms with Crippen LogP contribution in [0.2, 0.25) is 0 Å². The van der Waals surface area contributed by atoms with Crippen molar-refractivity contribution < 1.29 is 4.74 Å². The summed E-state index contributed by atoms with van der Waals surface area (Å²) in [6, 6.07) is 10.5. The number of rotatable bonds is 3. The number of benzene rings is 1. The molecule has 3 heteroatoms. The average molecular weight is 240 g/mol. The Hall–Kier alpha value is -1.87. The molecule has 0 fully saturated rings. The molecule has 18 heavy (non-hydrogen) atoms. The summed E-state index contributed by atoms with van der Waals surface area (Å²) in [7, 11) is 1.96. The van der Waals surface area contributed by atoms with Crippen LogP contribution in [-0.4, -0.2) is 18.6 Å². The third-order valence-electron chi connectivity index (χ3n) is 3.36. The molecular weight excluding hydrogens is 224 g/mol. The highest BCUT2D eigenvalue weighted by Gasteiger charge is 2.22. The van der Waals surface area contributed by atoms with Gasteiger partial charge in [0.2, 0.25) is 0 Å². The smallest absolute Gasteiger partial charge is 0.127 e. The van der Waals surface area contributed by atoms with Gasteiger partial charge in [-0.2, -0.15) is 0 Å². The largest absolute Gasteiger partial charge is 0.493 e. The van der Waals surface area contributed by atoms with Crippen LogP contribution < -0.4 is 10.1 Å². The van der Waals surface area contributed by atoms with Crippen molar-refractivity contribution in [1.29, 1.82) is 0 Å². The number of hydrogen-bond acceptors (Lipinski definition) is 3. The Labute approximate surface area is 107 Å². The van der Waals surface area contributed by atoms with Crippen molar-refractivity contribution in [1.82, 2.24) is 10.3 Å². The van der Waals surface area contributed by atoms with Crippen LogP contribution >= 0.6 is 0 Å². The van der Waals surface area contributed by atoms with Gasteiger partial charge in [0.15, 0.2) is 0 Å². The van der Waals surface area contributed by atoms with E-state index < -0.39 is 0 Å². The first-order chi connectivity index (χ1) is 8.90. The second-order valence-corrected chi connectivity index (χ2v) is 4.44. The molecule has 0 bridgehead atoms. The molecule has 92 valence electrons. The van der Waals surface area contributed by atoms with Crippen LogP contribution in [-0.2, 0) is 6.42 Å². The Kier molecular flexibility index (Phi) is 2.99. The maximum atomic E-state index is 5.77. The molecule has 1 aromatic heterocycles. The standard InChI is InChI=1S/C15H16N2O/c1-16-14(12-5-3-8-17-10-12)13-6-2-4-11-7-9-18-15(11)13/h2-6,8,10,14,16H,7,9H2,1H3. The number of fused-ring (bicyclic) bond motifs is 1. The van der Waals surface area contributed by atoms with Gasteiger partial charge < -0.3 is 10.1 Å². The Bertz CT molecular complexity index is 539. The van der Waals surface area contributed by atoms with Crippen molar-refractivity contribution in [2.45, 2.75) is 12.5 Å². The van der Waals surface area contributed by atoms with Crippen LogP contribution in [0.4, 0.5) is 0 Å². The summed E-state index contributed by atoms with van der Waals surface area (Å²) in [5, 5.41) is 3.34. The fourth-order valence-electron chi connectivity index (χ4n) is 2.52. The molecule has 0 saturated heterocycles. The van der Waals surface area contributed by atoms with Crippen LogP contribution in [0, 0.1) is 0 Å². The summed E-state index contributed by atoms with van der Waals surface area (Å²) >= 11 is 0. The minimum Gasteiger partial charge on any atom is -0.493 e. The lowest BCUT2D eigenvalue weighted by Crippen LogP contribution is -2.18. The van der Waals surface area contributed by atoms with Gasteiger partial charge in [0.25, 0.3) is 0 Å². The third kappa shape index (κ3) is 1.87. The van der Waals surface area contributed by atoms with Crippen LogP contribution in [0.1, 0.15) is 22.7 Å². The molecule has 0 aliphatic carbocycles. The van der Waals surface area contributed by atoms with E-state index >= 15 is 0 Å². The number of nitrogens with zero attached hydrogens (tertiary/aromatic N) is 1. The summed E-state index contributed by atoms with van der Waals surface area (Å²) in [5.41, 5.74) is 3.65. The van der Waals surface area contributed by atoms with Crippen molar-refractivity contribution in [2.75, 3.05) is 13.7 Å². The van der Waals surface area contributed by atoms with Crippen LogP contribution in [0.3, 0.4) is 0 Å². The highest BCUT2D eigenvalue weighted by Crippen LogP contribution is 2.35. The Morgan fingerprint density at radius 3 is 3.00 bits per heavy atom. The monoisotopic (exact) mass is 240 g/mol. The molecular formula is C15H16N2O. The summed E-state index contributed by atoms with van der Waals surface area (Å²) in [6.45, 7) is 0.788. The molecule has 1 aromatic carbocycles. The van der Waals surface area contributed by atoms with Crippen molar-refractivity contribution in [3.63, 3.8) is 0 Å². The normalized spacial score (nSPS) is 14.9. The lowest BCUT2D eigenvalue weighted by atomic mass is 9.97. The quantitative estimate of drug-likeness (QED) is 0.894. The lowest BCUT2D eigenvalue weighted by Gasteiger charge is -2.19. The molecule has 0 amide bonds. The molecule has 1 atom stereocenters. The van der Waals surface area contributed by atoms with Gasteiger partial charge in [0.1, 0.15) is 5.75 Å². The molecule has 2 heterocycles. The van der Waals surface area contributed by atoms with Gasteiger partial charge in [-0.15, -0.1) is 0 Å². The maximum Gasteiger partial charge on any atom is 0.127 e. The fraction of sp³-hybridized carbons (Fsp3) is 0.267. The van der Waals surface area contributed by atoms with Crippen LogP contribution in [0.25, 0.3) is 0 Å². The SMILES string of the molecule is CNC(c1cccnc1)c1cccc2c1OCC2. The van der Waals surface area contributed by atoms with Gasteiger partial charge in [0, 0.05) is 24.4 Å². The van der Waals surface area contributed by atoms with Crippen molar-refractivity contribution >= 4 is 0 Å². The van der Waals surface area contributed by atoms with Crippen LogP contribution in [0.5, 0.6) is 5.75 Å². The van der Waals surface area contributed by atoms with E-state index in [0.717, 1.165) is 24.3 Å². The molecule has 0 radical (unpaired) electrons. The second-order valence-electron chi connectivity index (χ2n) is 4.44. The number of aromatic nitrogens is 1. The minimum absolute atomic E-state index is 0.131. The predicted octanol–water partition coefficient (Wildman–Crippen LogP) is 2.33. The summed E-state index contributed by atoms with van der Waals surface area (Å²) in [5.74, 6) is 1.04. The number of para-hydroxylation sites is 1. The van der Waals surface area contributed by atoms with E-state index in [9.17, 15) is 0 Å². The van der Waals surface area contributed by atoms with Gasteiger partial charge in [-0.25, -0.2) is 0 Å². The summed E-state index contributed by atoms with van der Waals surface area (Å²) < 4.78 is 5.77. The van der Waals surface area contributed by atoms with Crippen molar-refractivity contribution in [3.05, 3.63) is 59.4 Å². The van der Waals surface area contributed by atoms with E-state index in [-0.39, 0.29) is 6.04 Å². The first-order valence-corrected chi connectivity index (χ1v) is 6.22. The van der Waals surface area contributed by atoms with E-state index in [2.05, 4.69) is 34.6 Å². The molecule has 0 saturated carbocycles. The van der Waals surface area contributed by atoms with Gasteiger partial charge in [-0.05, 0) is 24.2 Å². The second kappa shape index (κ2) is 4.78. The number of pyridine rings is 1. The first-order valence-electron chi connectivity index (χ1n) is 6.22. The molecule has 3 rings (SSSR count). The molecule has 1 N–H and O–H groups in total. The van der Waals surface area contributed by atoms with Crippen molar-refractivity contribution in [3.8, 4) is 5.75 Å². The van der Waals surface area contributed by atoms with E-state index in [1.165, 1.54) is 11.1 Å². The average Bonchev–Trinajstić information content (AvgIpc) is 2.90. The van der Waals surface area contributed by atoms with Gasteiger partial charge >= 0.3 is 0 Å². The lowest BCUT2D eigenvalue weighted by molar-refractivity contribution is 0.351. The minimum atomic E-state index is 0.131. The summed E-state index contributed by atoms with van der Waals surface area (Å²) in [6.07, 6.45) is 4.70. The molecule has 0 spiro atoms. The first kappa shape index (κ1) is 11.2. The maximum absolute atomic E-state index is 5.77. The van der Waals surface area contributed by atoms with Crippen LogP contribution in [0.15, 0.2) is 42.7 Å². The highest BCUT2D eigenvalue weighted by atomic mass is 16.5. The fourth-order valence-corrected chi connectivity index (χ4v) is 2.52. The Balaban J connectivity index is 2.05. The molecule has 1 aliphatic rings.